The Morgan fingerprint density at radius 1 is 1.17 bits per heavy atom. The van der Waals surface area contributed by atoms with Crippen LogP contribution in [-0.2, 0) is 16.0 Å². The molecule has 1 aliphatic heterocycles. The van der Waals surface area contributed by atoms with E-state index in [9.17, 15) is 14.4 Å². The van der Waals surface area contributed by atoms with Crippen molar-refractivity contribution in [1.82, 2.24) is 5.32 Å². The second-order valence-corrected chi connectivity index (χ2v) is 7.20. The zero-order valence-corrected chi connectivity index (χ0v) is 17.3. The smallest absolute Gasteiger partial charge is 0.338 e. The van der Waals surface area contributed by atoms with Crippen molar-refractivity contribution >= 4 is 23.6 Å². The lowest BCUT2D eigenvalue weighted by molar-refractivity contribution is -0.123. The minimum Gasteiger partial charge on any atom is -0.493 e. The molecule has 8 nitrogen and oxygen atoms in total. The maximum Gasteiger partial charge on any atom is 0.338 e. The SMILES string of the molecule is COc1cc(C(=O)OCC(=O)NC(=O)Nc2ccc(C)cc2C)cc2c1O[C@H](C)C2. The number of rotatable bonds is 5. The lowest BCUT2D eigenvalue weighted by Crippen LogP contribution is -2.37. The molecule has 0 radical (unpaired) electrons. The molecule has 2 aromatic carbocycles. The van der Waals surface area contributed by atoms with Crippen molar-refractivity contribution in [2.45, 2.75) is 33.3 Å². The fourth-order valence-electron chi connectivity index (χ4n) is 3.25. The Morgan fingerprint density at radius 2 is 1.93 bits per heavy atom. The molecule has 30 heavy (non-hydrogen) atoms. The molecule has 0 unspecified atom stereocenters. The van der Waals surface area contributed by atoms with E-state index in [2.05, 4.69) is 10.6 Å². The van der Waals surface area contributed by atoms with Gasteiger partial charge in [-0.05, 0) is 44.5 Å². The van der Waals surface area contributed by atoms with Gasteiger partial charge in [-0.1, -0.05) is 17.7 Å². The quantitative estimate of drug-likeness (QED) is 0.732. The van der Waals surface area contributed by atoms with E-state index in [-0.39, 0.29) is 11.7 Å². The van der Waals surface area contributed by atoms with Gasteiger partial charge in [-0.15, -0.1) is 0 Å². The molecule has 0 saturated carbocycles. The number of fused-ring (bicyclic) bond motifs is 1. The van der Waals surface area contributed by atoms with Crippen LogP contribution in [0.25, 0.3) is 0 Å². The fourth-order valence-corrected chi connectivity index (χ4v) is 3.25. The van der Waals surface area contributed by atoms with E-state index >= 15 is 0 Å². The van der Waals surface area contributed by atoms with Gasteiger partial charge in [-0.3, -0.25) is 10.1 Å². The minimum absolute atomic E-state index is 0.0124. The fraction of sp³-hybridized carbons (Fsp3) is 0.318. The molecule has 1 atom stereocenters. The zero-order chi connectivity index (χ0) is 21.8. The van der Waals surface area contributed by atoms with Gasteiger partial charge in [0.1, 0.15) is 6.10 Å². The van der Waals surface area contributed by atoms with E-state index in [1.807, 2.05) is 32.9 Å². The van der Waals surface area contributed by atoms with Gasteiger partial charge in [0.2, 0.25) is 0 Å². The lowest BCUT2D eigenvalue weighted by Gasteiger charge is -2.11. The van der Waals surface area contributed by atoms with Crippen LogP contribution in [0.1, 0.15) is 34.0 Å². The van der Waals surface area contributed by atoms with Crippen LogP contribution >= 0.6 is 0 Å². The Labute approximate surface area is 174 Å². The van der Waals surface area contributed by atoms with Crippen LogP contribution in [0.2, 0.25) is 0 Å². The van der Waals surface area contributed by atoms with Crippen molar-refractivity contribution in [3.8, 4) is 11.5 Å². The van der Waals surface area contributed by atoms with Crippen LogP contribution in [0, 0.1) is 13.8 Å². The van der Waals surface area contributed by atoms with Gasteiger partial charge in [0.05, 0.1) is 12.7 Å². The predicted octanol–water partition coefficient (Wildman–Crippen LogP) is 3.14. The van der Waals surface area contributed by atoms with Crippen molar-refractivity contribution < 1.29 is 28.6 Å². The topological polar surface area (TPSA) is 103 Å². The third kappa shape index (κ3) is 4.89. The molecule has 0 fully saturated rings. The van der Waals surface area contributed by atoms with Crippen LogP contribution in [-0.4, -0.2) is 37.7 Å². The minimum atomic E-state index is -0.740. The van der Waals surface area contributed by atoms with E-state index in [1.165, 1.54) is 13.2 Å². The van der Waals surface area contributed by atoms with Crippen LogP contribution in [0.15, 0.2) is 30.3 Å². The average molecular weight is 412 g/mol. The number of methoxy groups -OCH3 is 1. The summed E-state index contributed by atoms with van der Waals surface area (Å²) in [7, 11) is 1.49. The third-order valence-corrected chi connectivity index (χ3v) is 4.63. The van der Waals surface area contributed by atoms with Crippen molar-refractivity contribution in [2.75, 3.05) is 19.0 Å². The maximum atomic E-state index is 12.4. The molecule has 2 aromatic rings. The van der Waals surface area contributed by atoms with Crippen LogP contribution < -0.4 is 20.1 Å². The highest BCUT2D eigenvalue weighted by atomic mass is 16.5. The average Bonchev–Trinajstić information content (AvgIpc) is 3.07. The predicted molar refractivity (Wildman–Crippen MR) is 110 cm³/mol. The summed E-state index contributed by atoms with van der Waals surface area (Å²) in [6.45, 7) is 5.12. The molecule has 3 rings (SSSR count). The summed E-state index contributed by atoms with van der Waals surface area (Å²) in [4.78, 5) is 36.3. The summed E-state index contributed by atoms with van der Waals surface area (Å²) in [5.41, 5.74) is 3.60. The van der Waals surface area contributed by atoms with Gasteiger partial charge in [-0.25, -0.2) is 9.59 Å². The van der Waals surface area contributed by atoms with Gasteiger partial charge >= 0.3 is 12.0 Å². The van der Waals surface area contributed by atoms with Crippen molar-refractivity contribution in [2.24, 2.45) is 0 Å². The summed E-state index contributed by atoms with van der Waals surface area (Å²) in [6, 6.07) is 7.98. The summed E-state index contributed by atoms with van der Waals surface area (Å²) in [5.74, 6) is -0.389. The molecule has 0 bridgehead atoms. The lowest BCUT2D eigenvalue weighted by atomic mass is 10.1. The molecular weight excluding hydrogens is 388 g/mol. The number of carbonyl (C=O) groups excluding carboxylic acids is 3. The van der Waals surface area contributed by atoms with Crippen molar-refractivity contribution in [3.63, 3.8) is 0 Å². The Balaban J connectivity index is 1.55. The van der Waals surface area contributed by atoms with Crippen molar-refractivity contribution in [1.29, 1.82) is 0 Å². The standard InChI is InChI=1S/C22H24N2O6/c1-12-5-6-17(13(2)7-12)23-22(27)24-19(25)11-29-21(26)16-9-15-8-14(3)30-20(15)18(10-16)28-4/h5-7,9-10,14H,8,11H2,1-4H3,(H2,23,24,25,27)/t14-/m1/s1. The second-order valence-electron chi connectivity index (χ2n) is 7.20. The molecule has 2 N–H and O–H groups in total. The van der Waals surface area contributed by atoms with E-state index in [4.69, 9.17) is 14.2 Å². The highest BCUT2D eigenvalue weighted by molar-refractivity contribution is 6.02. The van der Waals surface area contributed by atoms with Crippen LogP contribution in [0.4, 0.5) is 10.5 Å². The van der Waals surface area contributed by atoms with Crippen LogP contribution in [0.3, 0.4) is 0 Å². The number of imide groups is 1. The number of hydrogen-bond acceptors (Lipinski definition) is 6. The number of carbonyl (C=O) groups is 3. The number of urea groups is 1. The number of ether oxygens (including phenoxy) is 3. The van der Waals surface area contributed by atoms with E-state index in [0.717, 1.165) is 16.7 Å². The van der Waals surface area contributed by atoms with E-state index in [0.29, 0.717) is 23.6 Å². The van der Waals surface area contributed by atoms with Crippen LogP contribution in [0.5, 0.6) is 11.5 Å². The summed E-state index contributed by atoms with van der Waals surface area (Å²) < 4.78 is 16.0. The molecule has 0 aromatic heterocycles. The second kappa shape index (κ2) is 8.86. The Bertz CT molecular complexity index is 1000. The number of esters is 1. The first-order valence-corrected chi connectivity index (χ1v) is 9.49. The van der Waals surface area contributed by atoms with Gasteiger partial charge < -0.3 is 19.5 Å². The number of amides is 3. The first-order valence-electron chi connectivity index (χ1n) is 9.49. The largest absolute Gasteiger partial charge is 0.493 e. The highest BCUT2D eigenvalue weighted by Crippen LogP contribution is 2.39. The number of benzene rings is 2. The Hall–Kier alpha value is -3.55. The molecule has 0 spiro atoms. The van der Waals surface area contributed by atoms with E-state index < -0.39 is 24.5 Å². The normalized spacial score (nSPS) is 14.3. The van der Waals surface area contributed by atoms with Gasteiger partial charge in [0, 0.05) is 17.7 Å². The number of nitrogens with one attached hydrogen (secondary N) is 2. The molecule has 0 aliphatic carbocycles. The summed E-state index contributed by atoms with van der Waals surface area (Å²) >= 11 is 0. The highest BCUT2D eigenvalue weighted by Gasteiger charge is 2.26. The Kier molecular flexibility index (Phi) is 6.25. The molecule has 1 heterocycles. The number of aryl methyl sites for hydroxylation is 2. The first kappa shape index (κ1) is 21.2. The Morgan fingerprint density at radius 3 is 2.63 bits per heavy atom. The molecular formula is C22H24N2O6. The zero-order valence-electron chi connectivity index (χ0n) is 17.3. The summed E-state index contributed by atoms with van der Waals surface area (Å²) in [5, 5.41) is 4.73. The number of hydrogen-bond donors (Lipinski definition) is 2. The third-order valence-electron chi connectivity index (χ3n) is 4.63. The summed E-state index contributed by atoms with van der Waals surface area (Å²) in [6.07, 6.45) is 0.632. The molecule has 8 heteroatoms. The van der Waals surface area contributed by atoms with Gasteiger partial charge in [0.15, 0.2) is 18.1 Å². The molecule has 1 aliphatic rings. The molecule has 3 amide bonds. The van der Waals surface area contributed by atoms with Gasteiger partial charge in [-0.2, -0.15) is 0 Å². The number of anilines is 1. The molecule has 0 saturated heterocycles. The first-order chi connectivity index (χ1) is 14.3. The maximum absolute atomic E-state index is 12.4. The van der Waals surface area contributed by atoms with Gasteiger partial charge in [0.25, 0.3) is 5.91 Å². The molecule has 158 valence electrons. The van der Waals surface area contributed by atoms with Crippen molar-refractivity contribution in [3.05, 3.63) is 52.6 Å². The van der Waals surface area contributed by atoms with E-state index in [1.54, 1.807) is 12.1 Å². The monoisotopic (exact) mass is 412 g/mol.